The molecule has 0 spiro atoms. The quantitative estimate of drug-likeness (QED) is 0.551. The Morgan fingerprint density at radius 2 is 1.74 bits per heavy atom. The van der Waals surface area contributed by atoms with E-state index in [2.05, 4.69) is 14.2 Å². The summed E-state index contributed by atoms with van der Waals surface area (Å²) in [6, 6.07) is 0. The molecule has 2 unspecified atom stereocenters. The van der Waals surface area contributed by atoms with E-state index in [1.807, 2.05) is 43.6 Å². The van der Waals surface area contributed by atoms with Crippen molar-refractivity contribution in [2.24, 2.45) is 0 Å². The maximum absolute atomic E-state index is 10.6. The highest BCUT2D eigenvalue weighted by Gasteiger charge is 2.36. The number of hydrogen-bond donors (Lipinski definition) is 2. The first-order valence-corrected chi connectivity index (χ1v) is 8.08. The fourth-order valence-electron chi connectivity index (χ4n) is 0.978. The number of rotatable bonds is 7. The molecule has 0 aromatic rings. The highest BCUT2D eigenvalue weighted by molar-refractivity contribution is 7.47. The summed E-state index contributed by atoms with van der Waals surface area (Å²) >= 11 is 0. The largest absolute Gasteiger partial charge is 0.747 e. The van der Waals surface area contributed by atoms with Gasteiger partial charge in [-0.3, -0.25) is 0 Å². The van der Waals surface area contributed by atoms with E-state index < -0.39 is 16.5 Å². The molecule has 0 aliphatic carbocycles. The molecule has 19 heavy (non-hydrogen) atoms. The van der Waals surface area contributed by atoms with Crippen molar-refractivity contribution in [1.82, 2.24) is 5.32 Å². The Hall–Kier alpha value is -0.900. The lowest BCUT2D eigenvalue weighted by Gasteiger charge is -1.88. The molecule has 2 atom stereocenters. The lowest BCUT2D eigenvalue weighted by Crippen LogP contribution is -1.87. The summed E-state index contributed by atoms with van der Waals surface area (Å²) in [6.07, 6.45) is 14.4. The maximum atomic E-state index is 10.6. The Balaban J connectivity index is 0.000000388. The zero-order chi connectivity index (χ0) is 14.3. The molecule has 6 nitrogen and oxygen atoms in total. The smallest absolute Gasteiger partial charge is 0.368 e. The molecule has 1 rings (SSSR count). The van der Waals surface area contributed by atoms with Crippen LogP contribution in [0.3, 0.4) is 0 Å². The molecule has 1 heterocycles. The van der Waals surface area contributed by atoms with E-state index in [0.29, 0.717) is 6.61 Å². The van der Waals surface area contributed by atoms with Crippen LogP contribution in [-0.4, -0.2) is 11.5 Å². The molecule has 2 N–H and O–H groups in total. The van der Waals surface area contributed by atoms with Crippen LogP contribution in [0.1, 0.15) is 26.2 Å². The molecule has 1 aliphatic rings. The predicted molar refractivity (Wildman–Crippen MR) is 74.5 cm³/mol. The Bertz CT molecular complexity index is 341. The fraction of sp³-hybridized carbons (Fsp3) is 0.455. The van der Waals surface area contributed by atoms with Crippen molar-refractivity contribution in [2.75, 3.05) is 6.61 Å². The lowest BCUT2D eigenvalue weighted by atomic mass is 10.3. The third kappa shape index (κ3) is 15.0. The van der Waals surface area contributed by atoms with Crippen LogP contribution in [0.15, 0.2) is 36.7 Å². The fourth-order valence-corrected chi connectivity index (χ4v) is 1.90. The first-order valence-electron chi connectivity index (χ1n) is 5.85. The Morgan fingerprint density at radius 1 is 1.11 bits per heavy atom. The van der Waals surface area contributed by atoms with Gasteiger partial charge in [0.25, 0.3) is 0 Å². The van der Waals surface area contributed by atoms with E-state index in [-0.39, 0.29) is 0 Å². The molecular formula is C11H19NO5P2+2. The molecule has 106 valence electrons. The van der Waals surface area contributed by atoms with Crippen LogP contribution in [-0.2, 0) is 18.0 Å². The average molecular weight is 307 g/mol. The maximum Gasteiger partial charge on any atom is 0.747 e. The molecule has 0 aromatic heterocycles. The monoisotopic (exact) mass is 307 g/mol. The summed E-state index contributed by atoms with van der Waals surface area (Å²) in [5.74, 6) is 0. The van der Waals surface area contributed by atoms with Crippen LogP contribution in [0.25, 0.3) is 0 Å². The van der Waals surface area contributed by atoms with Crippen molar-refractivity contribution in [3.63, 3.8) is 0 Å². The minimum atomic E-state index is -2.82. The highest BCUT2D eigenvalue weighted by Crippen LogP contribution is 2.35. The second-order valence-corrected chi connectivity index (χ2v) is 5.19. The van der Waals surface area contributed by atoms with E-state index in [0.717, 1.165) is 19.3 Å². The average Bonchev–Trinajstić information content (AvgIpc) is 2.67. The van der Waals surface area contributed by atoms with Crippen molar-refractivity contribution < 1.29 is 22.9 Å². The summed E-state index contributed by atoms with van der Waals surface area (Å²) in [5.41, 5.74) is 0. The van der Waals surface area contributed by atoms with Crippen LogP contribution in [0, 0.1) is 0 Å². The van der Waals surface area contributed by atoms with Gasteiger partial charge >= 0.3 is 16.5 Å². The van der Waals surface area contributed by atoms with Gasteiger partial charge in [0.15, 0.2) is 4.31 Å². The van der Waals surface area contributed by atoms with Crippen molar-refractivity contribution in [3.05, 3.63) is 36.7 Å². The van der Waals surface area contributed by atoms with Gasteiger partial charge in [0, 0.05) is 21.5 Å². The van der Waals surface area contributed by atoms with Gasteiger partial charge in [0.05, 0.1) is 0 Å². The second kappa shape index (κ2) is 13.5. The minimum absolute atomic E-state index is 0.298. The highest BCUT2D eigenvalue weighted by atomic mass is 31.2. The van der Waals surface area contributed by atoms with E-state index in [1.54, 1.807) is 0 Å². The number of hydrogen-bond acceptors (Lipinski definition) is 5. The number of unbranched alkanes of at least 4 members (excludes halogenated alkanes) is 2. The van der Waals surface area contributed by atoms with Crippen LogP contribution in [0.5, 0.6) is 0 Å². The van der Waals surface area contributed by atoms with Crippen molar-refractivity contribution >= 4 is 16.5 Å². The standard InChI is InChI=1S/C6H7N.C5H11O5P2/c1-2-4-6-7-5-3-1;1-2-3-4-5-9-12(8)10-11(6)7/h1-7H;2-5H2,1H3/q;+1/p+1. The number of allylic oxidation sites excluding steroid dienone is 4. The molecule has 0 aromatic carbocycles. The van der Waals surface area contributed by atoms with Gasteiger partial charge in [-0.1, -0.05) is 31.9 Å². The molecule has 0 saturated carbocycles. The third-order valence-electron chi connectivity index (χ3n) is 1.80. The van der Waals surface area contributed by atoms with E-state index in [4.69, 9.17) is 4.89 Å². The SMILES string of the molecule is C1=CC=CNC=C1.CCCCCO[P+](=O)O[P+](=O)O. The molecule has 0 fully saturated rings. The van der Waals surface area contributed by atoms with E-state index in [1.165, 1.54) is 0 Å². The van der Waals surface area contributed by atoms with Gasteiger partial charge in [-0.25, -0.2) is 0 Å². The topological polar surface area (TPSA) is 84.9 Å². The molecule has 0 radical (unpaired) electrons. The summed E-state index contributed by atoms with van der Waals surface area (Å²) in [7, 11) is -5.24. The molecule has 0 amide bonds. The Kier molecular flexibility index (Phi) is 12.9. The molecule has 8 heteroatoms. The van der Waals surface area contributed by atoms with Gasteiger partial charge < -0.3 is 5.32 Å². The lowest BCUT2D eigenvalue weighted by molar-refractivity contribution is 0.273. The zero-order valence-electron chi connectivity index (χ0n) is 10.8. The minimum Gasteiger partial charge on any atom is -0.368 e. The van der Waals surface area contributed by atoms with Crippen molar-refractivity contribution in [2.45, 2.75) is 26.2 Å². The van der Waals surface area contributed by atoms with Crippen LogP contribution in [0.4, 0.5) is 0 Å². The van der Waals surface area contributed by atoms with Gasteiger partial charge in [0.1, 0.15) is 6.61 Å². The van der Waals surface area contributed by atoms with Gasteiger partial charge in [-0.15, -0.1) is 9.42 Å². The van der Waals surface area contributed by atoms with Crippen LogP contribution < -0.4 is 5.32 Å². The van der Waals surface area contributed by atoms with Crippen molar-refractivity contribution in [3.8, 4) is 0 Å². The second-order valence-electron chi connectivity index (χ2n) is 3.35. The summed E-state index contributed by atoms with van der Waals surface area (Å²) < 4.78 is 29.1. The van der Waals surface area contributed by atoms with Gasteiger partial charge in [0.2, 0.25) is 0 Å². The normalized spacial score (nSPS) is 14.0. The summed E-state index contributed by atoms with van der Waals surface area (Å²) in [4.78, 5) is 8.15. The summed E-state index contributed by atoms with van der Waals surface area (Å²) in [5, 5.41) is 2.92. The molecule has 0 saturated heterocycles. The predicted octanol–water partition coefficient (Wildman–Crippen LogP) is 3.69. The first-order chi connectivity index (χ1) is 9.16. The van der Waals surface area contributed by atoms with Gasteiger partial charge in [-0.05, 0) is 18.6 Å². The van der Waals surface area contributed by atoms with E-state index >= 15 is 0 Å². The Morgan fingerprint density at radius 3 is 2.26 bits per heavy atom. The van der Waals surface area contributed by atoms with E-state index in [9.17, 15) is 9.13 Å². The Labute approximate surface area is 115 Å². The zero-order valence-corrected chi connectivity index (χ0v) is 12.6. The molecular weight excluding hydrogens is 288 g/mol. The molecule has 0 bridgehead atoms. The third-order valence-corrected chi connectivity index (χ3v) is 3.28. The van der Waals surface area contributed by atoms with Crippen LogP contribution in [0.2, 0.25) is 0 Å². The van der Waals surface area contributed by atoms with Crippen molar-refractivity contribution in [1.29, 1.82) is 0 Å². The first kappa shape index (κ1) is 18.1. The van der Waals surface area contributed by atoms with Crippen LogP contribution >= 0.6 is 16.5 Å². The van der Waals surface area contributed by atoms with Gasteiger partial charge in [-0.2, -0.15) is 0 Å². The number of nitrogens with one attached hydrogen (secondary N) is 1. The molecule has 1 aliphatic heterocycles. The summed E-state index contributed by atoms with van der Waals surface area (Å²) in [6.45, 7) is 2.33.